The molecule has 0 saturated heterocycles. The Morgan fingerprint density at radius 2 is 1.73 bits per heavy atom. The second kappa shape index (κ2) is 6.75. The van der Waals surface area contributed by atoms with E-state index in [4.69, 9.17) is 4.42 Å². The second-order valence-corrected chi connectivity index (χ2v) is 6.25. The molecule has 0 radical (unpaired) electrons. The van der Waals surface area contributed by atoms with Crippen molar-refractivity contribution in [3.63, 3.8) is 0 Å². The number of aryl methyl sites for hydroxylation is 3. The molecule has 0 aliphatic rings. The number of pyridine rings is 1. The van der Waals surface area contributed by atoms with Crippen molar-refractivity contribution in [2.24, 2.45) is 0 Å². The second-order valence-electron chi connectivity index (χ2n) is 5.20. The van der Waals surface area contributed by atoms with Gasteiger partial charge in [0.25, 0.3) is 5.22 Å². The topological polar surface area (TPSA) is 51.8 Å². The van der Waals surface area contributed by atoms with Crippen LogP contribution in [-0.4, -0.2) is 20.9 Å². The van der Waals surface area contributed by atoms with E-state index in [0.29, 0.717) is 11.1 Å². The smallest absolute Gasteiger partial charge is 0.276 e. The molecule has 0 amide bonds. The molecule has 0 aliphatic heterocycles. The van der Waals surface area contributed by atoms with E-state index in [1.165, 1.54) is 16.7 Å². The van der Waals surface area contributed by atoms with E-state index in [2.05, 4.69) is 47.2 Å². The standard InChI is InChI=1S/C17H17N3OS/c1-12-9-13(2)11-15(10-12)16-19-20-17(21-16)22-8-5-14-3-6-18-7-4-14/h3-4,6-7,9-11H,5,8H2,1-2H3. The molecule has 4 nitrogen and oxygen atoms in total. The van der Waals surface area contributed by atoms with Gasteiger partial charge in [-0.3, -0.25) is 4.98 Å². The highest BCUT2D eigenvalue weighted by Crippen LogP contribution is 2.25. The minimum absolute atomic E-state index is 0.582. The molecule has 3 aromatic rings. The van der Waals surface area contributed by atoms with Gasteiger partial charge in [-0.05, 0) is 50.1 Å². The van der Waals surface area contributed by atoms with Gasteiger partial charge in [-0.15, -0.1) is 10.2 Å². The maximum Gasteiger partial charge on any atom is 0.276 e. The molecule has 0 unspecified atom stereocenters. The molecule has 1 aromatic carbocycles. The van der Waals surface area contributed by atoms with Crippen LogP contribution >= 0.6 is 11.8 Å². The number of thioether (sulfide) groups is 1. The number of rotatable bonds is 5. The average Bonchev–Trinajstić information content (AvgIpc) is 2.96. The van der Waals surface area contributed by atoms with Crippen molar-refractivity contribution in [2.45, 2.75) is 25.5 Å². The van der Waals surface area contributed by atoms with Crippen molar-refractivity contribution in [3.8, 4) is 11.5 Å². The van der Waals surface area contributed by atoms with Crippen molar-refractivity contribution in [1.82, 2.24) is 15.2 Å². The van der Waals surface area contributed by atoms with Crippen LogP contribution in [0.3, 0.4) is 0 Å². The van der Waals surface area contributed by atoms with E-state index < -0.39 is 0 Å². The van der Waals surface area contributed by atoms with Crippen molar-refractivity contribution >= 4 is 11.8 Å². The van der Waals surface area contributed by atoms with E-state index >= 15 is 0 Å². The summed E-state index contributed by atoms with van der Waals surface area (Å²) in [6.45, 7) is 4.13. The highest BCUT2D eigenvalue weighted by atomic mass is 32.2. The highest BCUT2D eigenvalue weighted by molar-refractivity contribution is 7.99. The van der Waals surface area contributed by atoms with Gasteiger partial charge in [0.2, 0.25) is 5.89 Å². The van der Waals surface area contributed by atoms with Gasteiger partial charge in [-0.1, -0.05) is 29.0 Å². The zero-order chi connectivity index (χ0) is 15.4. The van der Waals surface area contributed by atoms with Gasteiger partial charge in [0.15, 0.2) is 0 Å². The highest BCUT2D eigenvalue weighted by Gasteiger charge is 2.09. The fourth-order valence-electron chi connectivity index (χ4n) is 2.29. The fourth-order valence-corrected chi connectivity index (χ4v) is 3.04. The molecule has 0 N–H and O–H groups in total. The number of hydrogen-bond acceptors (Lipinski definition) is 5. The zero-order valence-corrected chi connectivity index (χ0v) is 13.4. The number of nitrogens with zero attached hydrogens (tertiary/aromatic N) is 3. The Balaban J connectivity index is 1.64. The summed E-state index contributed by atoms with van der Waals surface area (Å²) in [5, 5.41) is 8.88. The Bertz CT molecular complexity index is 735. The number of aromatic nitrogens is 3. The van der Waals surface area contributed by atoms with Crippen LogP contribution in [0.4, 0.5) is 0 Å². The van der Waals surface area contributed by atoms with Gasteiger partial charge in [0, 0.05) is 23.7 Å². The summed E-state index contributed by atoms with van der Waals surface area (Å²) >= 11 is 1.58. The van der Waals surface area contributed by atoms with Crippen molar-refractivity contribution in [3.05, 3.63) is 59.4 Å². The first kappa shape index (κ1) is 14.8. The van der Waals surface area contributed by atoms with Gasteiger partial charge in [-0.25, -0.2) is 0 Å². The Morgan fingerprint density at radius 3 is 2.45 bits per heavy atom. The number of benzene rings is 1. The molecule has 112 valence electrons. The summed E-state index contributed by atoms with van der Waals surface area (Å²) in [5.74, 6) is 1.48. The molecule has 0 saturated carbocycles. The summed E-state index contributed by atoms with van der Waals surface area (Å²) in [6, 6.07) is 10.3. The molecule has 0 fully saturated rings. The normalized spacial score (nSPS) is 10.8. The molecule has 3 rings (SSSR count). The average molecular weight is 311 g/mol. The molecule has 0 bridgehead atoms. The maximum atomic E-state index is 5.75. The van der Waals surface area contributed by atoms with E-state index in [0.717, 1.165) is 17.7 Å². The van der Waals surface area contributed by atoms with Crippen molar-refractivity contribution in [2.75, 3.05) is 5.75 Å². The van der Waals surface area contributed by atoms with Gasteiger partial charge in [-0.2, -0.15) is 0 Å². The van der Waals surface area contributed by atoms with Crippen LogP contribution in [-0.2, 0) is 6.42 Å². The lowest BCUT2D eigenvalue weighted by Gasteiger charge is -2.00. The van der Waals surface area contributed by atoms with E-state index in [1.54, 1.807) is 11.8 Å². The molecule has 5 heteroatoms. The van der Waals surface area contributed by atoms with Crippen LogP contribution in [0.5, 0.6) is 0 Å². The van der Waals surface area contributed by atoms with Crippen LogP contribution in [0.25, 0.3) is 11.5 Å². The summed E-state index contributed by atoms with van der Waals surface area (Å²) in [6.07, 6.45) is 4.57. The molecule has 0 atom stereocenters. The zero-order valence-electron chi connectivity index (χ0n) is 12.6. The minimum atomic E-state index is 0.582. The van der Waals surface area contributed by atoms with Crippen LogP contribution in [0.1, 0.15) is 16.7 Å². The Labute approximate surface area is 134 Å². The molecular formula is C17H17N3OS. The first-order valence-electron chi connectivity index (χ1n) is 7.14. The summed E-state index contributed by atoms with van der Waals surface area (Å²) in [5.41, 5.74) is 4.63. The molecule has 2 heterocycles. The summed E-state index contributed by atoms with van der Waals surface area (Å²) < 4.78 is 5.75. The van der Waals surface area contributed by atoms with Gasteiger partial charge < -0.3 is 4.42 Å². The van der Waals surface area contributed by atoms with Gasteiger partial charge >= 0.3 is 0 Å². The minimum Gasteiger partial charge on any atom is -0.411 e. The predicted molar refractivity (Wildman–Crippen MR) is 87.9 cm³/mol. The molecule has 0 spiro atoms. The summed E-state index contributed by atoms with van der Waals surface area (Å²) in [4.78, 5) is 4.02. The van der Waals surface area contributed by atoms with Crippen molar-refractivity contribution < 1.29 is 4.42 Å². The molecule has 0 aliphatic carbocycles. The van der Waals surface area contributed by atoms with E-state index in [-0.39, 0.29) is 0 Å². The van der Waals surface area contributed by atoms with E-state index in [1.807, 2.05) is 24.5 Å². The van der Waals surface area contributed by atoms with Crippen LogP contribution in [0, 0.1) is 13.8 Å². The molecule has 2 aromatic heterocycles. The SMILES string of the molecule is Cc1cc(C)cc(-c2nnc(SCCc3ccncc3)o2)c1. The third-order valence-corrected chi connectivity index (χ3v) is 4.06. The summed E-state index contributed by atoms with van der Waals surface area (Å²) in [7, 11) is 0. The molecular weight excluding hydrogens is 294 g/mol. The van der Waals surface area contributed by atoms with Crippen LogP contribution < -0.4 is 0 Å². The third-order valence-electron chi connectivity index (χ3n) is 3.24. The first-order chi connectivity index (χ1) is 10.7. The maximum absolute atomic E-state index is 5.75. The van der Waals surface area contributed by atoms with Crippen molar-refractivity contribution in [1.29, 1.82) is 0 Å². The first-order valence-corrected chi connectivity index (χ1v) is 8.13. The van der Waals surface area contributed by atoms with Gasteiger partial charge in [0.1, 0.15) is 0 Å². The predicted octanol–water partition coefficient (Wildman–Crippen LogP) is 4.08. The quantitative estimate of drug-likeness (QED) is 0.664. The Hall–Kier alpha value is -2.14. The Kier molecular flexibility index (Phi) is 4.53. The lowest BCUT2D eigenvalue weighted by molar-refractivity contribution is 0.466. The van der Waals surface area contributed by atoms with Gasteiger partial charge in [0.05, 0.1) is 0 Å². The third kappa shape index (κ3) is 3.74. The number of hydrogen-bond donors (Lipinski definition) is 0. The largest absolute Gasteiger partial charge is 0.411 e. The lowest BCUT2D eigenvalue weighted by atomic mass is 10.1. The van der Waals surface area contributed by atoms with Crippen LogP contribution in [0.15, 0.2) is 52.4 Å². The monoisotopic (exact) mass is 311 g/mol. The Morgan fingerprint density at radius 1 is 1.00 bits per heavy atom. The van der Waals surface area contributed by atoms with Crippen LogP contribution in [0.2, 0.25) is 0 Å². The lowest BCUT2D eigenvalue weighted by Crippen LogP contribution is -1.88. The fraction of sp³-hybridized carbons (Fsp3) is 0.235. The molecule has 22 heavy (non-hydrogen) atoms. The van der Waals surface area contributed by atoms with E-state index in [9.17, 15) is 0 Å².